The maximum atomic E-state index is 12.7. The Morgan fingerprint density at radius 2 is 1.72 bits per heavy atom. The monoisotopic (exact) mass is 367 g/mol. The van der Waals surface area contributed by atoms with Gasteiger partial charge in [-0.3, -0.25) is 18.7 Å². The molecule has 0 spiro atoms. The van der Waals surface area contributed by atoms with Crippen LogP contribution in [0.2, 0.25) is 0 Å². The molecule has 0 aliphatic rings. The Labute approximate surface area is 143 Å². The predicted molar refractivity (Wildman–Crippen MR) is 90.3 cm³/mol. The molecule has 1 heterocycles. The Morgan fingerprint density at radius 1 is 1.12 bits per heavy atom. The van der Waals surface area contributed by atoms with Crippen LogP contribution in [0.25, 0.3) is 0 Å². The molecule has 9 nitrogen and oxygen atoms in total. The number of benzene rings is 1. The van der Waals surface area contributed by atoms with Crippen LogP contribution in [0.3, 0.4) is 0 Å². The zero-order valence-corrected chi connectivity index (χ0v) is 14.9. The summed E-state index contributed by atoms with van der Waals surface area (Å²) in [4.78, 5) is 35.4. The maximum absolute atomic E-state index is 12.7. The van der Waals surface area contributed by atoms with E-state index >= 15 is 0 Å². The molecule has 2 rings (SSSR count). The molecule has 134 valence electrons. The van der Waals surface area contributed by atoms with Crippen molar-refractivity contribution in [3.05, 3.63) is 56.4 Å². The molecule has 0 saturated carbocycles. The molecular weight excluding hydrogens is 350 g/mol. The zero-order chi connectivity index (χ0) is 18.9. The van der Waals surface area contributed by atoms with E-state index in [4.69, 9.17) is 0 Å². The van der Waals surface area contributed by atoms with E-state index in [2.05, 4.69) is 9.46 Å². The largest absolute Gasteiger partial charge is 0.465 e. The SMILES string of the molecule is COC(=O)c1ccccc1NS(=O)(=O)c1c(C)n(C)c(=O)n(C)c1=O. The molecule has 2 aromatic rings. The second-order valence-corrected chi connectivity index (χ2v) is 6.88. The minimum atomic E-state index is -4.35. The lowest BCUT2D eigenvalue weighted by atomic mass is 10.2. The predicted octanol–water partition coefficient (Wildman–Crippen LogP) is -0.0202. The van der Waals surface area contributed by atoms with E-state index in [1.807, 2.05) is 0 Å². The van der Waals surface area contributed by atoms with Crippen molar-refractivity contribution in [2.75, 3.05) is 11.8 Å². The first-order chi connectivity index (χ1) is 11.6. The average molecular weight is 367 g/mol. The topological polar surface area (TPSA) is 116 Å². The van der Waals surface area contributed by atoms with Gasteiger partial charge in [0.1, 0.15) is 0 Å². The highest BCUT2D eigenvalue weighted by atomic mass is 32.2. The molecule has 0 aliphatic carbocycles. The number of ether oxygens (including phenoxy) is 1. The summed E-state index contributed by atoms with van der Waals surface area (Å²) in [6.07, 6.45) is 0. The quantitative estimate of drug-likeness (QED) is 0.759. The molecule has 1 N–H and O–H groups in total. The van der Waals surface area contributed by atoms with E-state index in [0.29, 0.717) is 4.57 Å². The number of hydrogen-bond acceptors (Lipinski definition) is 6. The van der Waals surface area contributed by atoms with Gasteiger partial charge in [0.15, 0.2) is 4.90 Å². The Hall–Kier alpha value is -2.88. The molecule has 0 aliphatic heterocycles. The number of aromatic nitrogens is 2. The number of carbonyl (C=O) groups is 1. The highest BCUT2D eigenvalue weighted by Gasteiger charge is 2.26. The number of rotatable bonds is 4. The van der Waals surface area contributed by atoms with Crippen LogP contribution in [0.4, 0.5) is 5.69 Å². The number of nitrogens with zero attached hydrogens (tertiary/aromatic N) is 2. The third kappa shape index (κ3) is 3.20. The average Bonchev–Trinajstić information content (AvgIpc) is 2.57. The minimum absolute atomic E-state index is 0.00660. The second-order valence-electron chi connectivity index (χ2n) is 5.26. The van der Waals surface area contributed by atoms with E-state index in [9.17, 15) is 22.8 Å². The van der Waals surface area contributed by atoms with Gasteiger partial charge in [0.05, 0.1) is 18.4 Å². The van der Waals surface area contributed by atoms with Crippen LogP contribution in [0.15, 0.2) is 38.8 Å². The summed E-state index contributed by atoms with van der Waals surface area (Å²) in [6.45, 7) is 1.35. The molecule has 0 unspecified atom stereocenters. The van der Waals surface area contributed by atoms with Crippen molar-refractivity contribution in [2.45, 2.75) is 11.8 Å². The summed E-state index contributed by atoms with van der Waals surface area (Å²) in [5, 5.41) is 0. The number of anilines is 1. The molecule has 1 aromatic heterocycles. The number of para-hydroxylation sites is 1. The fourth-order valence-corrected chi connectivity index (χ4v) is 3.74. The standard InChI is InChI=1S/C15H17N3O6S/c1-9-12(13(19)18(3)15(21)17(9)2)25(22,23)16-11-8-6-5-7-10(11)14(20)24-4/h5-8,16H,1-4H3. The molecule has 0 radical (unpaired) electrons. The maximum Gasteiger partial charge on any atom is 0.339 e. The number of carbonyl (C=O) groups excluding carboxylic acids is 1. The van der Waals surface area contributed by atoms with E-state index in [1.54, 1.807) is 6.07 Å². The van der Waals surface area contributed by atoms with Gasteiger partial charge >= 0.3 is 11.7 Å². The van der Waals surface area contributed by atoms with Crippen LogP contribution >= 0.6 is 0 Å². The summed E-state index contributed by atoms with van der Waals surface area (Å²) in [5.41, 5.74) is -1.66. The molecule has 0 atom stereocenters. The van der Waals surface area contributed by atoms with Crippen molar-refractivity contribution in [3.63, 3.8) is 0 Å². The van der Waals surface area contributed by atoms with Gasteiger partial charge in [0, 0.05) is 19.8 Å². The minimum Gasteiger partial charge on any atom is -0.465 e. The van der Waals surface area contributed by atoms with E-state index in [1.165, 1.54) is 46.3 Å². The molecular formula is C15H17N3O6S. The lowest BCUT2D eigenvalue weighted by Crippen LogP contribution is -2.42. The lowest BCUT2D eigenvalue weighted by Gasteiger charge is -2.15. The van der Waals surface area contributed by atoms with E-state index < -0.39 is 32.1 Å². The smallest absolute Gasteiger partial charge is 0.339 e. The van der Waals surface area contributed by atoms with Crippen molar-refractivity contribution in [1.82, 2.24) is 9.13 Å². The first-order valence-corrected chi connectivity index (χ1v) is 8.57. The highest BCUT2D eigenvalue weighted by Crippen LogP contribution is 2.20. The van der Waals surface area contributed by atoms with Gasteiger partial charge in [-0.05, 0) is 19.1 Å². The zero-order valence-electron chi connectivity index (χ0n) is 14.1. The number of esters is 1. The van der Waals surface area contributed by atoms with Gasteiger partial charge in [0.25, 0.3) is 15.6 Å². The molecule has 10 heteroatoms. The molecule has 0 bridgehead atoms. The molecule has 0 amide bonds. The number of nitrogens with one attached hydrogen (secondary N) is 1. The molecule has 25 heavy (non-hydrogen) atoms. The summed E-state index contributed by atoms with van der Waals surface area (Å²) in [7, 11) is -0.639. The van der Waals surface area contributed by atoms with Crippen molar-refractivity contribution in [2.24, 2.45) is 14.1 Å². The van der Waals surface area contributed by atoms with Crippen LogP contribution in [-0.2, 0) is 28.9 Å². The van der Waals surface area contributed by atoms with Gasteiger partial charge in [-0.2, -0.15) is 0 Å². The number of methoxy groups -OCH3 is 1. The van der Waals surface area contributed by atoms with Crippen molar-refractivity contribution in [1.29, 1.82) is 0 Å². The Kier molecular flexibility index (Phi) is 4.84. The number of hydrogen-bond donors (Lipinski definition) is 1. The van der Waals surface area contributed by atoms with Crippen LogP contribution in [0, 0.1) is 6.92 Å². The van der Waals surface area contributed by atoms with Crippen molar-refractivity contribution < 1.29 is 17.9 Å². The van der Waals surface area contributed by atoms with E-state index in [-0.39, 0.29) is 16.9 Å². The first kappa shape index (κ1) is 18.5. The van der Waals surface area contributed by atoms with Crippen molar-refractivity contribution >= 4 is 21.7 Å². The summed E-state index contributed by atoms with van der Waals surface area (Å²) >= 11 is 0. The third-order valence-electron chi connectivity index (χ3n) is 3.75. The second kappa shape index (κ2) is 6.55. The number of sulfonamides is 1. The molecule has 0 saturated heterocycles. The van der Waals surface area contributed by atoms with Crippen LogP contribution in [0.1, 0.15) is 16.1 Å². The van der Waals surface area contributed by atoms with Crippen LogP contribution in [-0.4, -0.2) is 30.6 Å². The fraction of sp³-hybridized carbons (Fsp3) is 0.267. The summed E-state index contributed by atoms with van der Waals surface area (Å²) in [6, 6.07) is 5.82. The Bertz CT molecular complexity index is 1070. The van der Waals surface area contributed by atoms with E-state index in [0.717, 1.165) is 4.57 Å². The van der Waals surface area contributed by atoms with Gasteiger partial charge in [0.2, 0.25) is 0 Å². The summed E-state index contributed by atoms with van der Waals surface area (Å²) < 4.78 is 34.1. The Balaban J connectivity index is 2.66. The van der Waals surface area contributed by atoms with Crippen LogP contribution in [0.5, 0.6) is 0 Å². The van der Waals surface area contributed by atoms with Crippen molar-refractivity contribution in [3.8, 4) is 0 Å². The molecule has 1 aromatic carbocycles. The van der Waals surface area contributed by atoms with Crippen LogP contribution < -0.4 is 16.0 Å². The third-order valence-corrected chi connectivity index (χ3v) is 5.25. The first-order valence-electron chi connectivity index (χ1n) is 7.08. The summed E-state index contributed by atoms with van der Waals surface area (Å²) in [5.74, 6) is -0.733. The normalized spacial score (nSPS) is 11.2. The van der Waals surface area contributed by atoms with Gasteiger partial charge in [-0.25, -0.2) is 18.0 Å². The Morgan fingerprint density at radius 3 is 2.32 bits per heavy atom. The van der Waals surface area contributed by atoms with Gasteiger partial charge in [-0.1, -0.05) is 12.1 Å². The molecule has 0 fully saturated rings. The fourth-order valence-electron chi connectivity index (χ4n) is 2.28. The highest BCUT2D eigenvalue weighted by molar-refractivity contribution is 7.92. The van der Waals surface area contributed by atoms with Gasteiger partial charge in [-0.15, -0.1) is 0 Å². The lowest BCUT2D eigenvalue weighted by molar-refractivity contribution is 0.0602. The van der Waals surface area contributed by atoms with Gasteiger partial charge < -0.3 is 4.74 Å².